The lowest BCUT2D eigenvalue weighted by Gasteiger charge is -2.04. The molecule has 0 N–H and O–H groups in total. The molecule has 0 fully saturated rings. The Morgan fingerprint density at radius 1 is 0.786 bits per heavy atom. The van der Waals surface area contributed by atoms with Crippen molar-refractivity contribution in [2.24, 2.45) is 0 Å². The lowest BCUT2D eigenvalue weighted by atomic mass is 10.3. The Bertz CT molecular complexity index is 89.4. The summed E-state index contributed by atoms with van der Waals surface area (Å²) >= 11 is 5.54. The van der Waals surface area contributed by atoms with E-state index in [1.165, 1.54) is 0 Å². The first-order chi connectivity index (χ1) is 6.91. The maximum Gasteiger partial charge on any atom is 0.0701 e. The highest BCUT2D eigenvalue weighted by atomic mass is 35.5. The van der Waals surface area contributed by atoms with Crippen LogP contribution in [0.5, 0.6) is 0 Å². The van der Waals surface area contributed by atoms with Crippen molar-refractivity contribution in [1.29, 1.82) is 0 Å². The van der Waals surface area contributed by atoms with Crippen molar-refractivity contribution >= 4 is 11.6 Å². The van der Waals surface area contributed by atoms with Crippen molar-refractivity contribution in [3.63, 3.8) is 0 Å². The van der Waals surface area contributed by atoms with Crippen molar-refractivity contribution in [1.82, 2.24) is 0 Å². The van der Waals surface area contributed by atoms with Gasteiger partial charge < -0.3 is 14.2 Å². The minimum atomic E-state index is 0.645. The van der Waals surface area contributed by atoms with Gasteiger partial charge in [0.1, 0.15) is 0 Å². The Labute approximate surface area is 91.7 Å². The van der Waals surface area contributed by atoms with E-state index in [4.69, 9.17) is 25.8 Å². The van der Waals surface area contributed by atoms with Crippen molar-refractivity contribution in [2.45, 2.75) is 19.3 Å². The molecule has 4 heteroatoms. The standard InChI is InChI=1S/C10H21ClO3/c1-12-7-8-14-10-9-13-6-4-2-3-5-11/h2-10H2,1H3. The zero-order valence-corrected chi connectivity index (χ0v) is 9.72. The predicted octanol–water partition coefficient (Wildman–Crippen LogP) is 2.08. The van der Waals surface area contributed by atoms with Crippen LogP contribution in [0.25, 0.3) is 0 Å². The number of rotatable bonds is 11. The molecule has 0 aromatic carbocycles. The lowest BCUT2D eigenvalue weighted by Crippen LogP contribution is -2.08. The van der Waals surface area contributed by atoms with E-state index in [1.54, 1.807) is 7.11 Å². The second-order valence-corrected chi connectivity index (χ2v) is 3.35. The fourth-order valence-corrected chi connectivity index (χ4v) is 1.13. The third-order valence-electron chi connectivity index (χ3n) is 1.73. The number of halogens is 1. The molecule has 0 aromatic rings. The highest BCUT2D eigenvalue weighted by Crippen LogP contribution is 1.97. The second kappa shape index (κ2) is 13.2. The maximum absolute atomic E-state index is 5.54. The Morgan fingerprint density at radius 3 is 2.07 bits per heavy atom. The average Bonchev–Trinajstić information content (AvgIpc) is 2.21. The van der Waals surface area contributed by atoms with E-state index < -0.39 is 0 Å². The summed E-state index contributed by atoms with van der Waals surface area (Å²) < 4.78 is 15.4. The zero-order valence-electron chi connectivity index (χ0n) is 8.97. The molecule has 0 amide bonds. The second-order valence-electron chi connectivity index (χ2n) is 2.97. The van der Waals surface area contributed by atoms with Gasteiger partial charge in [0.2, 0.25) is 0 Å². The quantitative estimate of drug-likeness (QED) is 0.397. The molecular weight excluding hydrogens is 204 g/mol. The molecule has 86 valence electrons. The molecule has 0 aliphatic rings. The van der Waals surface area contributed by atoms with Gasteiger partial charge in [-0.1, -0.05) is 0 Å². The topological polar surface area (TPSA) is 27.7 Å². The van der Waals surface area contributed by atoms with Gasteiger partial charge in [0.15, 0.2) is 0 Å². The molecule has 0 bridgehead atoms. The van der Waals surface area contributed by atoms with Crippen molar-refractivity contribution in [3.8, 4) is 0 Å². The van der Waals surface area contributed by atoms with E-state index in [9.17, 15) is 0 Å². The molecule has 0 rings (SSSR count). The van der Waals surface area contributed by atoms with Gasteiger partial charge in [-0.15, -0.1) is 11.6 Å². The van der Waals surface area contributed by atoms with Crippen LogP contribution >= 0.6 is 11.6 Å². The van der Waals surface area contributed by atoms with E-state index >= 15 is 0 Å². The molecule has 0 atom stereocenters. The Kier molecular flexibility index (Phi) is 13.3. The fourth-order valence-electron chi connectivity index (χ4n) is 0.940. The Hall–Kier alpha value is 0.170. The SMILES string of the molecule is COCCOCCOCCCCCCl. The molecule has 0 saturated carbocycles. The first-order valence-corrected chi connectivity index (χ1v) is 5.65. The summed E-state index contributed by atoms with van der Waals surface area (Å²) in [5.74, 6) is 0.750. The molecule has 0 heterocycles. The van der Waals surface area contributed by atoms with Gasteiger partial charge in [0.05, 0.1) is 26.4 Å². The molecule has 0 spiro atoms. The van der Waals surface area contributed by atoms with Crippen molar-refractivity contribution < 1.29 is 14.2 Å². The number of ether oxygens (including phenoxy) is 3. The van der Waals surface area contributed by atoms with Crippen LogP contribution in [0.2, 0.25) is 0 Å². The largest absolute Gasteiger partial charge is 0.382 e. The summed E-state index contributed by atoms with van der Waals surface area (Å²) in [5, 5.41) is 0. The van der Waals surface area contributed by atoms with E-state index in [1.807, 2.05) is 0 Å². The minimum Gasteiger partial charge on any atom is -0.382 e. The molecule has 14 heavy (non-hydrogen) atoms. The Morgan fingerprint density at radius 2 is 1.43 bits per heavy atom. The van der Waals surface area contributed by atoms with E-state index in [-0.39, 0.29) is 0 Å². The lowest BCUT2D eigenvalue weighted by molar-refractivity contribution is 0.0240. The minimum absolute atomic E-state index is 0.645. The van der Waals surface area contributed by atoms with Gasteiger partial charge in [-0.25, -0.2) is 0 Å². The van der Waals surface area contributed by atoms with Crippen LogP contribution in [0, 0.1) is 0 Å². The van der Waals surface area contributed by atoms with Crippen molar-refractivity contribution in [3.05, 3.63) is 0 Å². The molecule has 0 aliphatic carbocycles. The van der Waals surface area contributed by atoms with Crippen LogP contribution in [0.1, 0.15) is 19.3 Å². The highest BCUT2D eigenvalue weighted by Gasteiger charge is 1.90. The van der Waals surface area contributed by atoms with Gasteiger partial charge in [0.25, 0.3) is 0 Å². The first-order valence-electron chi connectivity index (χ1n) is 5.12. The summed E-state index contributed by atoms with van der Waals surface area (Å²) in [6, 6.07) is 0. The van der Waals surface area contributed by atoms with Crippen LogP contribution in [0.15, 0.2) is 0 Å². The van der Waals surface area contributed by atoms with E-state index in [0.717, 1.165) is 31.7 Å². The molecule has 0 unspecified atom stereocenters. The predicted molar refractivity (Wildman–Crippen MR) is 58.1 cm³/mol. The summed E-state index contributed by atoms with van der Waals surface area (Å²) in [7, 11) is 1.66. The molecule has 0 saturated heterocycles. The molecular formula is C10H21ClO3. The van der Waals surface area contributed by atoms with Crippen LogP contribution in [0.3, 0.4) is 0 Å². The van der Waals surface area contributed by atoms with Gasteiger partial charge in [0, 0.05) is 19.6 Å². The molecule has 3 nitrogen and oxygen atoms in total. The van der Waals surface area contributed by atoms with Gasteiger partial charge in [-0.05, 0) is 19.3 Å². The fraction of sp³-hybridized carbons (Fsp3) is 1.00. The van der Waals surface area contributed by atoms with Gasteiger partial charge in [-0.2, -0.15) is 0 Å². The zero-order chi connectivity index (χ0) is 10.5. The molecule has 0 aliphatic heterocycles. The van der Waals surface area contributed by atoms with Gasteiger partial charge >= 0.3 is 0 Å². The van der Waals surface area contributed by atoms with Crippen LogP contribution in [0.4, 0.5) is 0 Å². The third-order valence-corrected chi connectivity index (χ3v) is 1.99. The number of methoxy groups -OCH3 is 1. The van der Waals surface area contributed by atoms with E-state index in [0.29, 0.717) is 26.4 Å². The summed E-state index contributed by atoms with van der Waals surface area (Å²) in [5.41, 5.74) is 0. The number of hydrogen-bond acceptors (Lipinski definition) is 3. The summed E-state index contributed by atoms with van der Waals surface area (Å²) in [6.45, 7) is 3.43. The summed E-state index contributed by atoms with van der Waals surface area (Å²) in [4.78, 5) is 0. The smallest absolute Gasteiger partial charge is 0.0701 e. The third kappa shape index (κ3) is 12.2. The molecule has 0 aromatic heterocycles. The van der Waals surface area contributed by atoms with Crippen LogP contribution in [-0.2, 0) is 14.2 Å². The number of unbranched alkanes of at least 4 members (excludes halogenated alkanes) is 2. The normalized spacial score (nSPS) is 10.7. The monoisotopic (exact) mass is 224 g/mol. The van der Waals surface area contributed by atoms with Crippen molar-refractivity contribution in [2.75, 3.05) is 46.0 Å². The maximum atomic E-state index is 5.54. The van der Waals surface area contributed by atoms with Crippen LogP contribution in [-0.4, -0.2) is 46.0 Å². The van der Waals surface area contributed by atoms with Crippen LogP contribution < -0.4 is 0 Å². The molecule has 0 radical (unpaired) electrons. The first kappa shape index (κ1) is 14.2. The average molecular weight is 225 g/mol. The Balaban J connectivity index is 2.78. The van der Waals surface area contributed by atoms with E-state index in [2.05, 4.69) is 0 Å². The summed E-state index contributed by atoms with van der Waals surface area (Å²) in [6.07, 6.45) is 3.31. The highest BCUT2D eigenvalue weighted by molar-refractivity contribution is 6.17. The number of hydrogen-bond donors (Lipinski definition) is 0. The number of alkyl halides is 1. The van der Waals surface area contributed by atoms with Gasteiger partial charge in [-0.3, -0.25) is 0 Å².